The largest absolute Gasteiger partial charge is 0.313 e. The minimum atomic E-state index is 0.689. The summed E-state index contributed by atoms with van der Waals surface area (Å²) in [5.41, 5.74) is 0. The molecule has 1 aliphatic rings. The standard InChI is InChI=1S/C8H13N3S2/c1-6-10-8(13-11-6)12-5-7-3-2-4-9-7/h7,9H,2-5H2,1H3/t7-/m1/s1. The predicted octanol–water partition coefficient (Wildman–Crippen LogP) is 1.69. The van der Waals surface area contributed by atoms with Gasteiger partial charge >= 0.3 is 0 Å². The van der Waals surface area contributed by atoms with Crippen LogP contribution in [0.2, 0.25) is 0 Å². The molecule has 1 N–H and O–H groups in total. The quantitative estimate of drug-likeness (QED) is 0.779. The maximum atomic E-state index is 4.31. The number of aromatic nitrogens is 2. The summed E-state index contributed by atoms with van der Waals surface area (Å²) in [4.78, 5) is 4.31. The number of hydrogen-bond donors (Lipinski definition) is 1. The van der Waals surface area contributed by atoms with Crippen molar-refractivity contribution in [1.82, 2.24) is 14.7 Å². The van der Waals surface area contributed by atoms with Crippen molar-refractivity contribution in [2.45, 2.75) is 30.1 Å². The molecule has 1 saturated heterocycles. The Hall–Kier alpha value is -0.130. The Labute approximate surface area is 86.5 Å². The fraction of sp³-hybridized carbons (Fsp3) is 0.750. The van der Waals surface area contributed by atoms with Crippen LogP contribution >= 0.6 is 23.3 Å². The second-order valence-corrected chi connectivity index (χ2v) is 5.23. The van der Waals surface area contributed by atoms with Gasteiger partial charge in [-0.3, -0.25) is 0 Å². The Kier molecular flexibility index (Phi) is 3.18. The van der Waals surface area contributed by atoms with Crippen LogP contribution in [0.25, 0.3) is 0 Å². The lowest BCUT2D eigenvalue weighted by Gasteiger charge is -2.06. The SMILES string of the molecule is Cc1nsc(SC[C@H]2CCCN2)n1. The Morgan fingerprint density at radius 1 is 1.69 bits per heavy atom. The van der Waals surface area contributed by atoms with Crippen molar-refractivity contribution in [2.24, 2.45) is 0 Å². The van der Waals surface area contributed by atoms with Gasteiger partial charge in [-0.25, -0.2) is 4.98 Å². The van der Waals surface area contributed by atoms with Crippen LogP contribution in [-0.4, -0.2) is 27.7 Å². The van der Waals surface area contributed by atoms with E-state index >= 15 is 0 Å². The maximum absolute atomic E-state index is 4.31. The lowest BCUT2D eigenvalue weighted by Crippen LogP contribution is -2.23. The van der Waals surface area contributed by atoms with Crippen molar-refractivity contribution >= 4 is 23.3 Å². The van der Waals surface area contributed by atoms with Crippen molar-refractivity contribution in [3.8, 4) is 0 Å². The van der Waals surface area contributed by atoms with Gasteiger partial charge in [0.1, 0.15) is 5.82 Å². The number of rotatable bonds is 3. The van der Waals surface area contributed by atoms with Gasteiger partial charge in [-0.15, -0.1) is 0 Å². The lowest BCUT2D eigenvalue weighted by molar-refractivity contribution is 0.674. The summed E-state index contributed by atoms with van der Waals surface area (Å²) in [7, 11) is 0. The Morgan fingerprint density at radius 3 is 3.23 bits per heavy atom. The van der Waals surface area contributed by atoms with E-state index in [2.05, 4.69) is 14.7 Å². The van der Waals surface area contributed by atoms with Crippen LogP contribution in [0.1, 0.15) is 18.7 Å². The third-order valence-electron chi connectivity index (χ3n) is 2.08. The monoisotopic (exact) mass is 215 g/mol. The van der Waals surface area contributed by atoms with Gasteiger partial charge in [0.2, 0.25) is 0 Å². The van der Waals surface area contributed by atoms with Crippen LogP contribution in [-0.2, 0) is 0 Å². The van der Waals surface area contributed by atoms with Crippen molar-refractivity contribution in [3.63, 3.8) is 0 Å². The van der Waals surface area contributed by atoms with Crippen LogP contribution in [0, 0.1) is 6.92 Å². The highest BCUT2D eigenvalue weighted by molar-refractivity contribution is 8.00. The van der Waals surface area contributed by atoms with Crippen molar-refractivity contribution in [1.29, 1.82) is 0 Å². The van der Waals surface area contributed by atoms with Gasteiger partial charge in [-0.1, -0.05) is 11.8 Å². The summed E-state index contributed by atoms with van der Waals surface area (Å²) in [5.74, 6) is 2.03. The molecule has 0 aliphatic carbocycles. The number of nitrogens with zero attached hydrogens (tertiary/aromatic N) is 2. The molecular formula is C8H13N3S2. The zero-order chi connectivity index (χ0) is 9.10. The molecule has 0 spiro atoms. The van der Waals surface area contributed by atoms with Gasteiger partial charge in [-0.05, 0) is 37.8 Å². The van der Waals surface area contributed by atoms with E-state index in [1.807, 2.05) is 18.7 Å². The van der Waals surface area contributed by atoms with E-state index in [1.165, 1.54) is 30.9 Å². The molecule has 1 aliphatic heterocycles. The Bertz CT molecular complexity index is 268. The van der Waals surface area contributed by atoms with E-state index in [9.17, 15) is 0 Å². The number of hydrogen-bond acceptors (Lipinski definition) is 5. The molecule has 2 rings (SSSR count). The molecule has 1 fully saturated rings. The number of thioether (sulfide) groups is 1. The second kappa shape index (κ2) is 4.39. The summed E-state index contributed by atoms with van der Waals surface area (Å²) in [6, 6.07) is 0.689. The van der Waals surface area contributed by atoms with Gasteiger partial charge in [-0.2, -0.15) is 4.37 Å². The molecule has 13 heavy (non-hydrogen) atoms. The summed E-state index contributed by atoms with van der Waals surface area (Å²) in [5, 5.41) is 3.47. The summed E-state index contributed by atoms with van der Waals surface area (Å²) >= 11 is 3.33. The first-order valence-corrected chi connectivity index (χ1v) is 6.27. The molecule has 5 heteroatoms. The third kappa shape index (κ3) is 2.65. The van der Waals surface area contributed by atoms with Crippen molar-refractivity contribution in [3.05, 3.63) is 5.82 Å². The van der Waals surface area contributed by atoms with Crippen LogP contribution in [0.15, 0.2) is 4.34 Å². The van der Waals surface area contributed by atoms with Crippen LogP contribution in [0.3, 0.4) is 0 Å². The molecule has 72 valence electrons. The summed E-state index contributed by atoms with van der Waals surface area (Å²) in [6.45, 7) is 3.12. The first kappa shape index (κ1) is 9.43. The predicted molar refractivity (Wildman–Crippen MR) is 56.4 cm³/mol. The van der Waals surface area contributed by atoms with Crippen LogP contribution in [0.4, 0.5) is 0 Å². The first-order chi connectivity index (χ1) is 6.34. The van der Waals surface area contributed by atoms with Crippen molar-refractivity contribution < 1.29 is 0 Å². The molecule has 0 radical (unpaired) electrons. The van der Waals surface area contributed by atoms with Gasteiger partial charge in [0.15, 0.2) is 4.34 Å². The molecule has 0 amide bonds. The fourth-order valence-electron chi connectivity index (χ4n) is 1.41. The topological polar surface area (TPSA) is 37.8 Å². The van der Waals surface area contributed by atoms with Gasteiger partial charge in [0, 0.05) is 11.8 Å². The fourth-order valence-corrected chi connectivity index (χ4v) is 3.18. The third-order valence-corrected chi connectivity index (χ3v) is 4.17. The smallest absolute Gasteiger partial charge is 0.170 e. The van der Waals surface area contributed by atoms with E-state index in [-0.39, 0.29) is 0 Å². The highest BCUT2D eigenvalue weighted by Gasteiger charge is 2.14. The number of nitrogens with one attached hydrogen (secondary N) is 1. The zero-order valence-electron chi connectivity index (χ0n) is 7.62. The Morgan fingerprint density at radius 2 is 2.62 bits per heavy atom. The van der Waals surface area contributed by atoms with E-state index in [0.717, 1.165) is 15.9 Å². The Balaban J connectivity index is 1.78. The molecule has 0 bridgehead atoms. The average molecular weight is 215 g/mol. The molecule has 1 aromatic rings. The molecule has 0 unspecified atom stereocenters. The molecule has 0 aromatic carbocycles. The molecule has 3 nitrogen and oxygen atoms in total. The second-order valence-electron chi connectivity index (χ2n) is 3.21. The normalized spacial score (nSPS) is 22.4. The molecular weight excluding hydrogens is 202 g/mol. The van der Waals surface area contributed by atoms with E-state index in [0.29, 0.717) is 6.04 Å². The molecule has 1 aromatic heterocycles. The van der Waals surface area contributed by atoms with Crippen molar-refractivity contribution in [2.75, 3.05) is 12.3 Å². The molecule has 1 atom stereocenters. The van der Waals surface area contributed by atoms with Crippen LogP contribution in [0.5, 0.6) is 0 Å². The molecule has 0 saturated carbocycles. The maximum Gasteiger partial charge on any atom is 0.170 e. The average Bonchev–Trinajstić information content (AvgIpc) is 2.71. The van der Waals surface area contributed by atoms with Gasteiger partial charge in [0.25, 0.3) is 0 Å². The van der Waals surface area contributed by atoms with E-state index in [4.69, 9.17) is 0 Å². The highest BCUT2D eigenvalue weighted by Crippen LogP contribution is 2.22. The minimum absolute atomic E-state index is 0.689. The summed E-state index contributed by atoms with van der Waals surface area (Å²) in [6.07, 6.45) is 2.63. The molecule has 2 heterocycles. The van der Waals surface area contributed by atoms with Gasteiger partial charge < -0.3 is 5.32 Å². The van der Waals surface area contributed by atoms with Gasteiger partial charge in [0.05, 0.1) is 0 Å². The highest BCUT2D eigenvalue weighted by atomic mass is 32.2. The summed E-state index contributed by atoms with van der Waals surface area (Å²) < 4.78 is 5.25. The minimum Gasteiger partial charge on any atom is -0.313 e. The first-order valence-electron chi connectivity index (χ1n) is 4.51. The zero-order valence-corrected chi connectivity index (χ0v) is 9.25. The van der Waals surface area contributed by atoms with Crippen LogP contribution < -0.4 is 5.32 Å². The van der Waals surface area contributed by atoms with E-state index < -0.39 is 0 Å². The lowest BCUT2D eigenvalue weighted by atomic mass is 10.3. The van der Waals surface area contributed by atoms with E-state index in [1.54, 1.807) is 0 Å². The number of aryl methyl sites for hydroxylation is 1.